The van der Waals surface area contributed by atoms with Crippen LogP contribution in [0.15, 0.2) is 0 Å². The molecule has 0 aromatic rings. The molecule has 18 heavy (non-hydrogen) atoms. The van der Waals surface area contributed by atoms with Gasteiger partial charge in [0.15, 0.2) is 0 Å². The number of ether oxygens (including phenoxy) is 1. The third kappa shape index (κ3) is 4.37. The summed E-state index contributed by atoms with van der Waals surface area (Å²) in [4.78, 5) is 0. The Morgan fingerprint density at radius 1 is 1.33 bits per heavy atom. The first-order valence-electron chi connectivity index (χ1n) is 6.48. The van der Waals surface area contributed by atoms with Crippen molar-refractivity contribution < 1.29 is 13.2 Å². The quantitative estimate of drug-likeness (QED) is 0.841. The molecule has 0 aromatic heterocycles. The van der Waals surface area contributed by atoms with Crippen LogP contribution in [-0.2, 0) is 14.6 Å². The van der Waals surface area contributed by atoms with Crippen molar-refractivity contribution in [1.29, 1.82) is 0 Å². The van der Waals surface area contributed by atoms with Crippen LogP contribution in [0.3, 0.4) is 0 Å². The third-order valence-electron chi connectivity index (χ3n) is 3.86. The van der Waals surface area contributed by atoms with E-state index in [9.17, 15) is 8.42 Å². The van der Waals surface area contributed by atoms with Gasteiger partial charge in [0, 0.05) is 6.54 Å². The molecule has 2 heterocycles. The van der Waals surface area contributed by atoms with E-state index in [2.05, 4.69) is 19.2 Å². The number of hydrogen-bond acceptors (Lipinski definition) is 4. The summed E-state index contributed by atoms with van der Waals surface area (Å²) in [5, 5.41) is 3.44. The highest BCUT2D eigenvalue weighted by molar-refractivity contribution is 7.91. The molecule has 2 aliphatic rings. The number of nitrogens with one attached hydrogen (secondary N) is 1. The van der Waals surface area contributed by atoms with E-state index in [0.29, 0.717) is 23.3 Å². The molecule has 2 saturated heterocycles. The van der Waals surface area contributed by atoms with E-state index >= 15 is 0 Å². The Balaban J connectivity index is 0.00000162. The standard InChI is InChI=1S/C12H23NO3S.ClH/c1-10-8-13-12(2,16-9-10)7-11-3-5-17(14,15)6-4-11;/h10-11,13H,3-9H2,1-2H3;1H. The molecule has 2 unspecified atom stereocenters. The first kappa shape index (κ1) is 16.2. The highest BCUT2D eigenvalue weighted by Gasteiger charge is 2.34. The first-order chi connectivity index (χ1) is 7.89. The average molecular weight is 298 g/mol. The van der Waals surface area contributed by atoms with Gasteiger partial charge in [0.25, 0.3) is 0 Å². The van der Waals surface area contributed by atoms with Crippen molar-refractivity contribution in [1.82, 2.24) is 5.32 Å². The van der Waals surface area contributed by atoms with E-state index in [1.807, 2.05) is 0 Å². The van der Waals surface area contributed by atoms with Crippen LogP contribution in [0.1, 0.15) is 33.1 Å². The lowest BCUT2D eigenvalue weighted by Crippen LogP contribution is -2.53. The highest BCUT2D eigenvalue weighted by atomic mass is 35.5. The van der Waals surface area contributed by atoms with Gasteiger partial charge >= 0.3 is 0 Å². The normalized spacial score (nSPS) is 36.9. The Labute approximate surface area is 116 Å². The molecule has 2 atom stereocenters. The Hall–Kier alpha value is 0.160. The van der Waals surface area contributed by atoms with Crippen LogP contribution in [0.2, 0.25) is 0 Å². The zero-order valence-electron chi connectivity index (χ0n) is 11.1. The zero-order chi connectivity index (χ0) is 12.5. The molecule has 108 valence electrons. The van der Waals surface area contributed by atoms with Gasteiger partial charge in [0.2, 0.25) is 0 Å². The maximum absolute atomic E-state index is 11.4. The molecular formula is C12H24ClNO3S. The van der Waals surface area contributed by atoms with Gasteiger partial charge in [-0.3, -0.25) is 5.32 Å². The number of halogens is 1. The van der Waals surface area contributed by atoms with Crippen LogP contribution in [0.25, 0.3) is 0 Å². The fraction of sp³-hybridized carbons (Fsp3) is 1.00. The molecule has 0 saturated carbocycles. The summed E-state index contributed by atoms with van der Waals surface area (Å²) in [6.07, 6.45) is 2.51. The molecule has 2 aliphatic heterocycles. The van der Waals surface area contributed by atoms with Crippen molar-refractivity contribution in [3.63, 3.8) is 0 Å². The lowest BCUT2D eigenvalue weighted by atomic mass is 9.91. The predicted octanol–water partition coefficient (Wildman–Crippen LogP) is 1.60. The van der Waals surface area contributed by atoms with Gasteiger partial charge in [0.1, 0.15) is 15.6 Å². The number of hydrogen-bond donors (Lipinski definition) is 1. The van der Waals surface area contributed by atoms with Gasteiger partial charge in [-0.1, -0.05) is 6.92 Å². The van der Waals surface area contributed by atoms with Crippen molar-refractivity contribution in [2.75, 3.05) is 24.7 Å². The molecule has 0 amide bonds. The molecule has 0 radical (unpaired) electrons. The summed E-state index contributed by atoms with van der Waals surface area (Å²) in [7, 11) is -2.75. The molecule has 2 rings (SSSR count). The third-order valence-corrected chi connectivity index (χ3v) is 5.58. The second-order valence-corrected chi connectivity index (χ2v) is 8.13. The van der Waals surface area contributed by atoms with E-state index in [1.165, 1.54) is 0 Å². The minimum Gasteiger partial charge on any atom is -0.361 e. The molecule has 0 spiro atoms. The van der Waals surface area contributed by atoms with Crippen molar-refractivity contribution in [2.24, 2.45) is 11.8 Å². The van der Waals surface area contributed by atoms with Gasteiger partial charge < -0.3 is 4.74 Å². The molecule has 6 heteroatoms. The maximum Gasteiger partial charge on any atom is 0.150 e. The fourth-order valence-corrected chi connectivity index (χ4v) is 4.24. The van der Waals surface area contributed by atoms with Crippen molar-refractivity contribution in [2.45, 2.75) is 38.8 Å². The summed E-state index contributed by atoms with van der Waals surface area (Å²) < 4.78 is 28.6. The Morgan fingerprint density at radius 2 is 1.94 bits per heavy atom. The molecule has 2 fully saturated rings. The summed E-state index contributed by atoms with van der Waals surface area (Å²) in [5.41, 5.74) is -0.252. The van der Waals surface area contributed by atoms with Crippen LogP contribution in [0.5, 0.6) is 0 Å². The fourth-order valence-electron chi connectivity index (χ4n) is 2.65. The molecular weight excluding hydrogens is 274 g/mol. The lowest BCUT2D eigenvalue weighted by Gasteiger charge is -2.40. The summed E-state index contributed by atoms with van der Waals surface area (Å²) >= 11 is 0. The topological polar surface area (TPSA) is 55.4 Å². The van der Waals surface area contributed by atoms with Crippen LogP contribution >= 0.6 is 12.4 Å². The minimum atomic E-state index is -2.75. The second-order valence-electron chi connectivity index (χ2n) is 5.83. The van der Waals surface area contributed by atoms with Crippen molar-refractivity contribution >= 4 is 22.2 Å². The van der Waals surface area contributed by atoms with Gasteiger partial charge in [-0.25, -0.2) is 8.42 Å². The first-order valence-corrected chi connectivity index (χ1v) is 8.30. The maximum atomic E-state index is 11.4. The van der Waals surface area contributed by atoms with Gasteiger partial charge in [0.05, 0.1) is 18.1 Å². The summed E-state index contributed by atoms with van der Waals surface area (Å²) in [6.45, 7) is 6.04. The van der Waals surface area contributed by atoms with Gasteiger partial charge in [-0.15, -0.1) is 12.4 Å². The van der Waals surface area contributed by atoms with Gasteiger partial charge in [-0.05, 0) is 38.0 Å². The molecule has 1 N–H and O–H groups in total. The predicted molar refractivity (Wildman–Crippen MR) is 74.8 cm³/mol. The monoisotopic (exact) mass is 297 g/mol. The Bertz CT molecular complexity index is 350. The smallest absolute Gasteiger partial charge is 0.150 e. The molecule has 0 bridgehead atoms. The van der Waals surface area contributed by atoms with Crippen molar-refractivity contribution in [3.05, 3.63) is 0 Å². The highest BCUT2D eigenvalue weighted by Crippen LogP contribution is 2.29. The van der Waals surface area contributed by atoms with Crippen LogP contribution in [0, 0.1) is 11.8 Å². The van der Waals surface area contributed by atoms with Crippen molar-refractivity contribution in [3.8, 4) is 0 Å². The van der Waals surface area contributed by atoms with Crippen LogP contribution in [0.4, 0.5) is 0 Å². The van der Waals surface area contributed by atoms with E-state index < -0.39 is 9.84 Å². The van der Waals surface area contributed by atoms with E-state index in [0.717, 1.165) is 32.4 Å². The average Bonchev–Trinajstić information content (AvgIpc) is 2.26. The largest absolute Gasteiger partial charge is 0.361 e. The summed E-state index contributed by atoms with van der Waals surface area (Å²) in [6, 6.07) is 0. The van der Waals surface area contributed by atoms with Crippen LogP contribution in [-0.4, -0.2) is 38.8 Å². The zero-order valence-corrected chi connectivity index (χ0v) is 12.8. The second kappa shape index (κ2) is 6.07. The van der Waals surface area contributed by atoms with E-state index in [1.54, 1.807) is 0 Å². The van der Waals surface area contributed by atoms with Gasteiger partial charge in [-0.2, -0.15) is 0 Å². The molecule has 0 aliphatic carbocycles. The number of rotatable bonds is 2. The van der Waals surface area contributed by atoms with E-state index in [-0.39, 0.29) is 18.1 Å². The molecule has 0 aromatic carbocycles. The van der Waals surface area contributed by atoms with E-state index in [4.69, 9.17) is 4.74 Å². The summed E-state index contributed by atoms with van der Waals surface area (Å²) in [5.74, 6) is 1.74. The number of sulfone groups is 1. The Morgan fingerprint density at radius 3 is 2.44 bits per heavy atom. The SMILES string of the molecule is CC1CNC(C)(CC2CCS(=O)(=O)CC2)OC1.Cl. The minimum absolute atomic E-state index is 0. The Kier molecular flexibility index (Phi) is 5.47. The molecule has 4 nitrogen and oxygen atoms in total. The lowest BCUT2D eigenvalue weighted by molar-refractivity contribution is -0.113. The van der Waals surface area contributed by atoms with Crippen LogP contribution < -0.4 is 5.32 Å².